The van der Waals surface area contributed by atoms with Gasteiger partial charge in [0.15, 0.2) is 0 Å². The Bertz CT molecular complexity index is 872. The molecular formula is C20H21N3OS. The summed E-state index contributed by atoms with van der Waals surface area (Å²) in [5.41, 5.74) is 8.62. The maximum Gasteiger partial charge on any atom is 0.227 e. The van der Waals surface area contributed by atoms with E-state index in [9.17, 15) is 4.79 Å². The second-order valence-corrected chi connectivity index (χ2v) is 7.59. The zero-order valence-electron chi connectivity index (χ0n) is 13.9. The molecule has 0 aliphatic heterocycles. The molecule has 128 valence electrons. The molecule has 1 heterocycles. The molecule has 2 atom stereocenters. The standard InChI is InChI=1S/C20H21N3OS/c21-12-13-6-5-8-14(13)19(24)22-16-9-2-1-7-15(16)20-23-17-10-3-4-11-18(17)25-20/h1-4,7,9-11,13-14H,5-6,8,12,21H2,(H,22,24)/t13-,14-/m1/s1. The van der Waals surface area contributed by atoms with E-state index in [-0.39, 0.29) is 11.8 Å². The Kier molecular flexibility index (Phi) is 4.51. The van der Waals surface area contributed by atoms with Gasteiger partial charge in [0, 0.05) is 11.5 Å². The Balaban J connectivity index is 1.64. The van der Waals surface area contributed by atoms with E-state index in [1.807, 2.05) is 42.5 Å². The number of nitrogens with two attached hydrogens (primary N) is 1. The first-order valence-electron chi connectivity index (χ1n) is 8.72. The lowest BCUT2D eigenvalue weighted by Crippen LogP contribution is -2.29. The van der Waals surface area contributed by atoms with Crippen LogP contribution in [0, 0.1) is 11.8 Å². The van der Waals surface area contributed by atoms with Crippen LogP contribution in [0.15, 0.2) is 48.5 Å². The molecule has 4 rings (SSSR count). The number of benzene rings is 2. The highest BCUT2D eigenvalue weighted by atomic mass is 32.1. The Morgan fingerprint density at radius 1 is 1.16 bits per heavy atom. The van der Waals surface area contributed by atoms with E-state index in [2.05, 4.69) is 11.4 Å². The quantitative estimate of drug-likeness (QED) is 0.737. The van der Waals surface area contributed by atoms with Crippen LogP contribution in [0.4, 0.5) is 5.69 Å². The molecule has 0 saturated heterocycles. The third kappa shape index (κ3) is 3.17. The molecule has 0 radical (unpaired) electrons. The van der Waals surface area contributed by atoms with E-state index in [0.29, 0.717) is 12.5 Å². The molecule has 1 amide bonds. The van der Waals surface area contributed by atoms with Crippen LogP contribution in [0.5, 0.6) is 0 Å². The highest BCUT2D eigenvalue weighted by Crippen LogP contribution is 2.36. The first-order chi connectivity index (χ1) is 12.3. The SMILES string of the molecule is NC[C@H]1CCC[C@H]1C(=O)Nc1ccccc1-c1nc2ccccc2s1. The summed E-state index contributed by atoms with van der Waals surface area (Å²) in [7, 11) is 0. The van der Waals surface area contributed by atoms with Crippen molar-refractivity contribution in [3.05, 3.63) is 48.5 Å². The Morgan fingerprint density at radius 2 is 1.96 bits per heavy atom. The van der Waals surface area contributed by atoms with Gasteiger partial charge in [-0.05, 0) is 49.6 Å². The van der Waals surface area contributed by atoms with Gasteiger partial charge >= 0.3 is 0 Å². The first-order valence-corrected chi connectivity index (χ1v) is 9.54. The third-order valence-corrected chi connectivity index (χ3v) is 6.08. The third-order valence-electron chi connectivity index (χ3n) is 5.01. The topological polar surface area (TPSA) is 68.0 Å². The van der Waals surface area contributed by atoms with Crippen LogP contribution < -0.4 is 11.1 Å². The maximum absolute atomic E-state index is 12.8. The van der Waals surface area contributed by atoms with Crippen molar-refractivity contribution in [3.63, 3.8) is 0 Å². The number of aromatic nitrogens is 1. The molecule has 25 heavy (non-hydrogen) atoms. The van der Waals surface area contributed by atoms with Gasteiger partial charge < -0.3 is 11.1 Å². The maximum atomic E-state index is 12.8. The van der Waals surface area contributed by atoms with Gasteiger partial charge in [-0.2, -0.15) is 0 Å². The number of para-hydroxylation sites is 2. The molecule has 0 bridgehead atoms. The zero-order chi connectivity index (χ0) is 17.2. The van der Waals surface area contributed by atoms with E-state index in [0.717, 1.165) is 45.7 Å². The summed E-state index contributed by atoms with van der Waals surface area (Å²) in [6.07, 6.45) is 3.06. The number of fused-ring (bicyclic) bond motifs is 1. The number of anilines is 1. The monoisotopic (exact) mass is 351 g/mol. The van der Waals surface area contributed by atoms with Crippen molar-refractivity contribution in [2.75, 3.05) is 11.9 Å². The van der Waals surface area contributed by atoms with Crippen LogP contribution in [-0.2, 0) is 4.79 Å². The van der Waals surface area contributed by atoms with Crippen molar-refractivity contribution in [1.82, 2.24) is 4.98 Å². The van der Waals surface area contributed by atoms with Crippen molar-refractivity contribution >= 4 is 33.1 Å². The van der Waals surface area contributed by atoms with Gasteiger partial charge in [-0.15, -0.1) is 11.3 Å². The second-order valence-electron chi connectivity index (χ2n) is 6.55. The zero-order valence-corrected chi connectivity index (χ0v) is 14.8. The van der Waals surface area contributed by atoms with Gasteiger partial charge in [-0.1, -0.05) is 30.7 Å². The molecule has 2 aromatic carbocycles. The van der Waals surface area contributed by atoms with Gasteiger partial charge in [0.05, 0.1) is 15.9 Å². The molecule has 0 unspecified atom stereocenters. The summed E-state index contributed by atoms with van der Waals surface area (Å²) in [6.45, 7) is 0.581. The van der Waals surface area contributed by atoms with Crippen LogP contribution in [0.3, 0.4) is 0 Å². The summed E-state index contributed by atoms with van der Waals surface area (Å²) in [6, 6.07) is 16.0. The first kappa shape index (κ1) is 16.2. The summed E-state index contributed by atoms with van der Waals surface area (Å²) in [4.78, 5) is 17.5. The molecule has 3 N–H and O–H groups in total. The molecule has 1 aromatic heterocycles. The molecule has 1 fully saturated rings. The minimum Gasteiger partial charge on any atom is -0.330 e. The van der Waals surface area contributed by atoms with Crippen LogP contribution in [0.25, 0.3) is 20.8 Å². The Labute approximate surface area is 151 Å². The van der Waals surface area contributed by atoms with Crippen molar-refractivity contribution in [2.45, 2.75) is 19.3 Å². The number of nitrogens with zero attached hydrogens (tertiary/aromatic N) is 1. The number of hydrogen-bond acceptors (Lipinski definition) is 4. The van der Waals surface area contributed by atoms with Crippen LogP contribution in [0.2, 0.25) is 0 Å². The summed E-state index contributed by atoms with van der Waals surface area (Å²) in [5.74, 6) is 0.407. The van der Waals surface area contributed by atoms with E-state index in [4.69, 9.17) is 10.7 Å². The van der Waals surface area contributed by atoms with Gasteiger partial charge in [-0.25, -0.2) is 4.98 Å². The van der Waals surface area contributed by atoms with Gasteiger partial charge in [0.2, 0.25) is 5.91 Å². The Hall–Kier alpha value is -2.24. The highest BCUT2D eigenvalue weighted by Gasteiger charge is 2.32. The van der Waals surface area contributed by atoms with Gasteiger partial charge in [0.25, 0.3) is 0 Å². The number of hydrogen-bond donors (Lipinski definition) is 2. The number of carbonyl (C=O) groups excluding carboxylic acids is 1. The van der Waals surface area contributed by atoms with Crippen LogP contribution >= 0.6 is 11.3 Å². The molecule has 0 spiro atoms. The van der Waals surface area contributed by atoms with Gasteiger partial charge in [0.1, 0.15) is 5.01 Å². The molecule has 1 aliphatic rings. The molecule has 4 nitrogen and oxygen atoms in total. The van der Waals surface area contributed by atoms with E-state index in [1.165, 1.54) is 0 Å². The van der Waals surface area contributed by atoms with Crippen molar-refractivity contribution < 1.29 is 4.79 Å². The fourth-order valence-electron chi connectivity index (χ4n) is 3.66. The molecule has 5 heteroatoms. The highest BCUT2D eigenvalue weighted by molar-refractivity contribution is 7.21. The minimum atomic E-state index is 0.0217. The fraction of sp³-hybridized carbons (Fsp3) is 0.300. The normalized spacial score (nSPS) is 20.0. The summed E-state index contributed by atoms with van der Waals surface area (Å²) >= 11 is 1.65. The van der Waals surface area contributed by atoms with Crippen LogP contribution in [-0.4, -0.2) is 17.4 Å². The largest absolute Gasteiger partial charge is 0.330 e. The van der Waals surface area contributed by atoms with Gasteiger partial charge in [-0.3, -0.25) is 4.79 Å². The number of nitrogens with one attached hydrogen (secondary N) is 1. The smallest absolute Gasteiger partial charge is 0.227 e. The summed E-state index contributed by atoms with van der Waals surface area (Å²) < 4.78 is 1.15. The average Bonchev–Trinajstić information content (AvgIpc) is 3.28. The average molecular weight is 351 g/mol. The minimum absolute atomic E-state index is 0.0217. The van der Waals surface area contributed by atoms with E-state index in [1.54, 1.807) is 11.3 Å². The predicted molar refractivity (Wildman–Crippen MR) is 104 cm³/mol. The lowest BCUT2D eigenvalue weighted by molar-refractivity contribution is -0.120. The van der Waals surface area contributed by atoms with Crippen molar-refractivity contribution in [1.29, 1.82) is 0 Å². The molecular weight excluding hydrogens is 330 g/mol. The molecule has 1 saturated carbocycles. The predicted octanol–water partition coefficient (Wildman–Crippen LogP) is 4.28. The summed E-state index contributed by atoms with van der Waals surface area (Å²) in [5, 5.41) is 4.06. The van der Waals surface area contributed by atoms with Crippen LogP contribution in [0.1, 0.15) is 19.3 Å². The van der Waals surface area contributed by atoms with Crippen molar-refractivity contribution in [3.8, 4) is 10.6 Å². The van der Waals surface area contributed by atoms with Crippen molar-refractivity contribution in [2.24, 2.45) is 17.6 Å². The van der Waals surface area contributed by atoms with E-state index >= 15 is 0 Å². The number of rotatable bonds is 4. The molecule has 3 aromatic rings. The molecule has 1 aliphatic carbocycles. The number of amides is 1. The fourth-order valence-corrected chi connectivity index (χ4v) is 4.66. The second kappa shape index (κ2) is 6.94. The lowest BCUT2D eigenvalue weighted by atomic mass is 9.95. The van der Waals surface area contributed by atoms with E-state index < -0.39 is 0 Å². The Morgan fingerprint density at radius 3 is 2.80 bits per heavy atom. The number of thiazole rings is 1. The number of carbonyl (C=O) groups is 1. The lowest BCUT2D eigenvalue weighted by Gasteiger charge is -2.18.